The van der Waals surface area contributed by atoms with Crippen molar-refractivity contribution in [3.63, 3.8) is 0 Å². The summed E-state index contributed by atoms with van der Waals surface area (Å²) in [5, 5.41) is 4.05. The van der Waals surface area contributed by atoms with Crippen molar-refractivity contribution in [3.05, 3.63) is 70.2 Å². The summed E-state index contributed by atoms with van der Waals surface area (Å²) in [7, 11) is 1.64. The number of hydrogen-bond acceptors (Lipinski definition) is 3. The molecule has 0 heterocycles. The van der Waals surface area contributed by atoms with Gasteiger partial charge in [0.2, 0.25) is 5.91 Å². The van der Waals surface area contributed by atoms with Crippen molar-refractivity contribution in [1.82, 2.24) is 5.43 Å². The van der Waals surface area contributed by atoms with E-state index in [1.807, 2.05) is 54.6 Å². The van der Waals surface area contributed by atoms with E-state index in [9.17, 15) is 4.79 Å². The molecule has 0 radical (unpaired) electrons. The maximum atomic E-state index is 12.3. The van der Waals surface area contributed by atoms with Crippen LogP contribution < -0.4 is 5.43 Å². The molecule has 23 heavy (non-hydrogen) atoms. The zero-order valence-corrected chi connectivity index (χ0v) is 14.3. The molecule has 0 bridgehead atoms. The number of halogens is 1. The molecule has 0 saturated heterocycles. The van der Waals surface area contributed by atoms with Crippen LogP contribution in [0.5, 0.6) is 0 Å². The average molecular weight is 373 g/mol. The van der Waals surface area contributed by atoms with Gasteiger partial charge in [-0.2, -0.15) is 5.10 Å². The molecule has 1 saturated carbocycles. The van der Waals surface area contributed by atoms with Crippen LogP contribution in [0.4, 0.5) is 0 Å². The van der Waals surface area contributed by atoms with Gasteiger partial charge >= 0.3 is 0 Å². The van der Waals surface area contributed by atoms with E-state index < -0.39 is 5.60 Å². The molecule has 3 rings (SSSR count). The van der Waals surface area contributed by atoms with Crippen LogP contribution in [0.15, 0.2) is 64.2 Å². The Hall–Kier alpha value is -1.98. The minimum atomic E-state index is -0.520. The summed E-state index contributed by atoms with van der Waals surface area (Å²) in [5.41, 5.74) is 4.02. The number of ether oxygens (including phenoxy) is 1. The highest BCUT2D eigenvalue weighted by Gasteiger charge is 2.60. The Labute approximate surface area is 143 Å². The van der Waals surface area contributed by atoms with E-state index in [4.69, 9.17) is 4.74 Å². The zero-order chi connectivity index (χ0) is 16.3. The standard InChI is InChI=1S/C18H17BrN2O2/c1-23-18(14-8-3-2-4-9-14)11-15(18)17(22)21-20-12-13-7-5-6-10-16(13)19/h2-10,12,15H,11H2,1H3,(H,21,22)/b20-12-/t15-,18-/m1/s1. The molecule has 5 heteroatoms. The predicted octanol–water partition coefficient (Wildman–Crippen LogP) is 3.46. The number of nitrogens with one attached hydrogen (secondary N) is 1. The van der Waals surface area contributed by atoms with Gasteiger partial charge in [0.25, 0.3) is 0 Å². The maximum absolute atomic E-state index is 12.3. The Morgan fingerprint density at radius 2 is 1.96 bits per heavy atom. The van der Waals surface area contributed by atoms with Crippen LogP contribution >= 0.6 is 15.9 Å². The number of benzene rings is 2. The predicted molar refractivity (Wildman–Crippen MR) is 93.1 cm³/mol. The largest absolute Gasteiger partial charge is 0.373 e. The normalized spacial score (nSPS) is 23.0. The molecule has 0 aromatic heterocycles. The first kappa shape index (κ1) is 15.9. The summed E-state index contributed by atoms with van der Waals surface area (Å²) in [6.07, 6.45) is 2.30. The fourth-order valence-electron chi connectivity index (χ4n) is 2.75. The first-order valence-corrected chi connectivity index (χ1v) is 8.15. The summed E-state index contributed by atoms with van der Waals surface area (Å²) in [4.78, 5) is 12.3. The van der Waals surface area contributed by atoms with E-state index >= 15 is 0 Å². The number of rotatable bonds is 5. The Kier molecular flexibility index (Phi) is 4.59. The van der Waals surface area contributed by atoms with Gasteiger partial charge in [-0.1, -0.05) is 64.5 Å². The van der Waals surface area contributed by atoms with Crippen LogP contribution in [0.25, 0.3) is 0 Å². The summed E-state index contributed by atoms with van der Waals surface area (Å²) >= 11 is 3.44. The van der Waals surface area contributed by atoms with Crippen LogP contribution in [-0.4, -0.2) is 19.2 Å². The number of carbonyl (C=O) groups is 1. The van der Waals surface area contributed by atoms with Crippen LogP contribution in [0, 0.1) is 5.92 Å². The van der Waals surface area contributed by atoms with Gasteiger partial charge in [0.15, 0.2) is 0 Å². The highest BCUT2D eigenvalue weighted by atomic mass is 79.9. The summed E-state index contributed by atoms with van der Waals surface area (Å²) in [6, 6.07) is 17.5. The van der Waals surface area contributed by atoms with Crippen LogP contribution in [0.1, 0.15) is 17.5 Å². The van der Waals surface area contributed by atoms with Crippen molar-refractivity contribution < 1.29 is 9.53 Å². The van der Waals surface area contributed by atoms with Gasteiger partial charge in [-0.05, 0) is 18.1 Å². The SMILES string of the molecule is CO[C@@]1(c2ccccc2)C[C@@H]1C(=O)N/N=C\c1ccccc1Br. The lowest BCUT2D eigenvalue weighted by Crippen LogP contribution is -2.25. The van der Waals surface area contributed by atoms with Crippen LogP contribution in [0.3, 0.4) is 0 Å². The molecular weight excluding hydrogens is 356 g/mol. The second-order valence-corrected chi connectivity index (χ2v) is 6.33. The molecule has 4 nitrogen and oxygen atoms in total. The summed E-state index contributed by atoms with van der Waals surface area (Å²) in [5.74, 6) is -0.342. The number of hydrogen-bond donors (Lipinski definition) is 1. The molecule has 0 spiro atoms. The third kappa shape index (κ3) is 3.21. The Morgan fingerprint density at radius 1 is 1.26 bits per heavy atom. The van der Waals surface area contributed by atoms with Gasteiger partial charge in [-0.25, -0.2) is 5.43 Å². The summed E-state index contributed by atoms with van der Waals surface area (Å²) < 4.78 is 6.56. The lowest BCUT2D eigenvalue weighted by molar-refractivity contribution is -0.124. The molecule has 1 amide bonds. The fourth-order valence-corrected chi connectivity index (χ4v) is 3.14. The molecule has 1 fully saturated rings. The van der Waals surface area contributed by atoms with Crippen LogP contribution in [0.2, 0.25) is 0 Å². The highest BCUT2D eigenvalue weighted by Crippen LogP contribution is 2.54. The molecule has 2 aromatic rings. The Balaban J connectivity index is 1.65. The maximum Gasteiger partial charge on any atom is 0.246 e. The second kappa shape index (κ2) is 6.64. The van der Waals surface area contributed by atoms with Crippen LogP contribution in [-0.2, 0) is 15.1 Å². The molecule has 118 valence electrons. The number of nitrogens with zero attached hydrogens (tertiary/aromatic N) is 1. The first-order chi connectivity index (χ1) is 11.2. The first-order valence-electron chi connectivity index (χ1n) is 7.35. The quantitative estimate of drug-likeness (QED) is 0.645. The zero-order valence-electron chi connectivity index (χ0n) is 12.7. The minimum Gasteiger partial charge on any atom is -0.373 e. The van der Waals surface area contributed by atoms with Crippen molar-refractivity contribution >= 4 is 28.1 Å². The third-order valence-electron chi connectivity index (χ3n) is 4.14. The van der Waals surface area contributed by atoms with Gasteiger partial charge < -0.3 is 4.74 Å². The minimum absolute atomic E-state index is 0.126. The fraction of sp³-hybridized carbons (Fsp3) is 0.222. The average Bonchev–Trinajstić information content (AvgIpc) is 3.34. The van der Waals surface area contributed by atoms with E-state index in [0.29, 0.717) is 6.42 Å². The molecule has 1 aliphatic rings. The van der Waals surface area contributed by atoms with Gasteiger partial charge in [0.05, 0.1) is 12.1 Å². The van der Waals surface area contributed by atoms with Gasteiger partial charge in [0.1, 0.15) is 5.60 Å². The van der Waals surface area contributed by atoms with E-state index in [1.165, 1.54) is 0 Å². The van der Waals surface area contributed by atoms with E-state index in [2.05, 4.69) is 26.5 Å². The topological polar surface area (TPSA) is 50.7 Å². The van der Waals surface area contributed by atoms with Crippen molar-refractivity contribution in [2.24, 2.45) is 11.0 Å². The van der Waals surface area contributed by atoms with E-state index in [0.717, 1.165) is 15.6 Å². The second-order valence-electron chi connectivity index (χ2n) is 5.47. The number of carbonyl (C=O) groups excluding carboxylic acids is 1. The van der Waals surface area contributed by atoms with Crippen molar-refractivity contribution in [2.45, 2.75) is 12.0 Å². The number of methoxy groups -OCH3 is 1. The number of hydrazone groups is 1. The van der Waals surface area contributed by atoms with Crippen molar-refractivity contribution in [3.8, 4) is 0 Å². The molecule has 2 aromatic carbocycles. The lowest BCUT2D eigenvalue weighted by atomic mass is 10.1. The highest BCUT2D eigenvalue weighted by molar-refractivity contribution is 9.10. The molecule has 0 aliphatic heterocycles. The smallest absolute Gasteiger partial charge is 0.246 e. The van der Waals surface area contributed by atoms with E-state index in [1.54, 1.807) is 13.3 Å². The summed E-state index contributed by atoms with van der Waals surface area (Å²) in [6.45, 7) is 0. The van der Waals surface area contributed by atoms with Crippen molar-refractivity contribution in [1.29, 1.82) is 0 Å². The third-order valence-corrected chi connectivity index (χ3v) is 4.86. The molecule has 1 N–H and O–H groups in total. The van der Waals surface area contributed by atoms with Crippen molar-refractivity contribution in [2.75, 3.05) is 7.11 Å². The monoisotopic (exact) mass is 372 g/mol. The molecule has 2 atom stereocenters. The van der Waals surface area contributed by atoms with E-state index in [-0.39, 0.29) is 11.8 Å². The Bertz CT molecular complexity index is 733. The van der Waals surface area contributed by atoms with Gasteiger partial charge in [-0.3, -0.25) is 4.79 Å². The van der Waals surface area contributed by atoms with Gasteiger partial charge in [0, 0.05) is 17.1 Å². The lowest BCUT2D eigenvalue weighted by Gasteiger charge is -2.15. The molecule has 0 unspecified atom stereocenters. The van der Waals surface area contributed by atoms with Gasteiger partial charge in [-0.15, -0.1) is 0 Å². The number of amides is 1. The molecule has 1 aliphatic carbocycles. The molecular formula is C18H17BrN2O2. The Morgan fingerprint density at radius 3 is 2.65 bits per heavy atom.